The second-order valence-electron chi connectivity index (χ2n) is 7.36. The smallest absolute Gasteiger partial charge is 0.219 e. The van der Waals surface area contributed by atoms with E-state index in [0.29, 0.717) is 13.0 Å². The number of amides is 1. The predicted octanol–water partition coefficient (Wildman–Crippen LogP) is 5.06. The SMILES string of the molecule is CCCCCCCCCCCCCC(=O)NCCCCCCN=C(N)N.Cl. The first-order chi connectivity index (χ1) is 12.7. The van der Waals surface area contributed by atoms with Crippen LogP contribution in [0.5, 0.6) is 0 Å². The average molecular weight is 405 g/mol. The van der Waals surface area contributed by atoms with Crippen molar-refractivity contribution in [3.05, 3.63) is 0 Å². The van der Waals surface area contributed by atoms with Gasteiger partial charge in [-0.3, -0.25) is 9.79 Å². The summed E-state index contributed by atoms with van der Waals surface area (Å²) in [7, 11) is 0. The highest BCUT2D eigenvalue weighted by molar-refractivity contribution is 5.85. The Labute approximate surface area is 173 Å². The Morgan fingerprint density at radius 3 is 1.78 bits per heavy atom. The lowest BCUT2D eigenvalue weighted by molar-refractivity contribution is -0.121. The lowest BCUT2D eigenvalue weighted by Crippen LogP contribution is -2.24. The van der Waals surface area contributed by atoms with E-state index in [1.54, 1.807) is 0 Å². The third-order valence-electron chi connectivity index (χ3n) is 4.71. The molecule has 0 aliphatic rings. The fourth-order valence-corrected chi connectivity index (χ4v) is 3.06. The molecule has 0 radical (unpaired) electrons. The number of hydrogen-bond donors (Lipinski definition) is 3. The third kappa shape index (κ3) is 25.0. The van der Waals surface area contributed by atoms with Gasteiger partial charge in [-0.05, 0) is 19.3 Å². The van der Waals surface area contributed by atoms with Gasteiger partial charge in [-0.25, -0.2) is 0 Å². The first-order valence-electron chi connectivity index (χ1n) is 11.0. The molecule has 0 unspecified atom stereocenters. The van der Waals surface area contributed by atoms with E-state index in [-0.39, 0.29) is 24.3 Å². The molecule has 162 valence electrons. The van der Waals surface area contributed by atoms with Crippen molar-refractivity contribution in [3.8, 4) is 0 Å². The molecule has 0 atom stereocenters. The molecule has 0 aromatic heterocycles. The molecule has 0 aromatic carbocycles. The van der Waals surface area contributed by atoms with Crippen molar-refractivity contribution >= 4 is 24.3 Å². The number of carbonyl (C=O) groups is 1. The van der Waals surface area contributed by atoms with E-state index in [1.165, 1.54) is 64.2 Å². The molecular weight excluding hydrogens is 360 g/mol. The van der Waals surface area contributed by atoms with Gasteiger partial charge >= 0.3 is 0 Å². The minimum atomic E-state index is 0. The van der Waals surface area contributed by atoms with Gasteiger partial charge in [0.2, 0.25) is 5.91 Å². The number of carbonyl (C=O) groups excluding carboxylic acids is 1. The van der Waals surface area contributed by atoms with E-state index >= 15 is 0 Å². The number of aliphatic imine (C=N–C) groups is 1. The molecule has 1 amide bonds. The highest BCUT2D eigenvalue weighted by atomic mass is 35.5. The maximum absolute atomic E-state index is 11.8. The normalized spacial score (nSPS) is 10.3. The number of unbranched alkanes of at least 4 members (excludes halogenated alkanes) is 13. The molecule has 0 bridgehead atoms. The monoisotopic (exact) mass is 404 g/mol. The summed E-state index contributed by atoms with van der Waals surface area (Å²) in [4.78, 5) is 15.7. The van der Waals surface area contributed by atoms with Gasteiger partial charge in [0.1, 0.15) is 0 Å². The van der Waals surface area contributed by atoms with Crippen LogP contribution >= 0.6 is 12.4 Å². The van der Waals surface area contributed by atoms with Gasteiger partial charge < -0.3 is 16.8 Å². The lowest BCUT2D eigenvalue weighted by Gasteiger charge is -2.05. The molecule has 5 N–H and O–H groups in total. The molecule has 6 heteroatoms. The Balaban J connectivity index is 0. The Bertz CT molecular complexity index is 347. The fraction of sp³-hybridized carbons (Fsp3) is 0.905. The summed E-state index contributed by atoms with van der Waals surface area (Å²) in [6, 6.07) is 0. The fourth-order valence-electron chi connectivity index (χ4n) is 3.06. The zero-order valence-electron chi connectivity index (χ0n) is 17.6. The summed E-state index contributed by atoms with van der Waals surface area (Å²) in [5.41, 5.74) is 10.5. The Morgan fingerprint density at radius 1 is 0.741 bits per heavy atom. The average Bonchev–Trinajstić information content (AvgIpc) is 2.61. The van der Waals surface area contributed by atoms with Crippen molar-refractivity contribution in [2.75, 3.05) is 13.1 Å². The van der Waals surface area contributed by atoms with E-state index < -0.39 is 0 Å². The van der Waals surface area contributed by atoms with Gasteiger partial charge in [-0.1, -0.05) is 84.0 Å². The first kappa shape index (κ1) is 28.2. The number of nitrogens with one attached hydrogen (secondary N) is 1. The van der Waals surface area contributed by atoms with Crippen LogP contribution in [0.4, 0.5) is 0 Å². The molecule has 0 aromatic rings. The summed E-state index contributed by atoms with van der Waals surface area (Å²) < 4.78 is 0. The van der Waals surface area contributed by atoms with Gasteiger partial charge in [-0.2, -0.15) is 0 Å². The van der Waals surface area contributed by atoms with Crippen molar-refractivity contribution in [1.82, 2.24) is 5.32 Å². The van der Waals surface area contributed by atoms with Crippen molar-refractivity contribution < 1.29 is 4.79 Å². The quantitative estimate of drug-likeness (QED) is 0.159. The first-order valence-corrected chi connectivity index (χ1v) is 11.0. The van der Waals surface area contributed by atoms with E-state index in [1.807, 2.05) is 0 Å². The zero-order chi connectivity index (χ0) is 19.3. The standard InChI is InChI=1S/C21H44N4O.ClH/c1-2-3-4-5-6-7-8-9-10-11-14-17-20(26)24-18-15-12-13-16-19-25-21(22)23;/h2-19H2,1H3,(H,24,26)(H4,22,23,25);1H. The maximum Gasteiger partial charge on any atom is 0.219 e. The van der Waals surface area contributed by atoms with Gasteiger partial charge in [0.25, 0.3) is 0 Å². The van der Waals surface area contributed by atoms with E-state index in [0.717, 1.165) is 38.6 Å². The summed E-state index contributed by atoms with van der Waals surface area (Å²) >= 11 is 0. The molecule has 5 nitrogen and oxygen atoms in total. The Morgan fingerprint density at radius 2 is 1.22 bits per heavy atom. The summed E-state index contributed by atoms with van der Waals surface area (Å²) in [5.74, 6) is 0.376. The topological polar surface area (TPSA) is 93.5 Å². The minimum absolute atomic E-state index is 0. The third-order valence-corrected chi connectivity index (χ3v) is 4.71. The highest BCUT2D eigenvalue weighted by Gasteiger charge is 2.00. The van der Waals surface area contributed by atoms with Gasteiger partial charge in [-0.15, -0.1) is 12.4 Å². The van der Waals surface area contributed by atoms with Gasteiger partial charge in [0, 0.05) is 19.5 Å². The number of guanidine groups is 1. The summed E-state index contributed by atoms with van der Waals surface area (Å²) in [5, 5.41) is 3.02. The van der Waals surface area contributed by atoms with Crippen LogP contribution in [0.1, 0.15) is 110 Å². The van der Waals surface area contributed by atoms with Crippen LogP contribution in [-0.2, 0) is 4.79 Å². The highest BCUT2D eigenvalue weighted by Crippen LogP contribution is 2.11. The van der Waals surface area contributed by atoms with Crippen LogP contribution in [0.3, 0.4) is 0 Å². The molecule has 0 rings (SSSR count). The Hall–Kier alpha value is -0.970. The summed E-state index contributed by atoms with van der Waals surface area (Å²) in [6.45, 7) is 3.76. The molecule has 0 saturated carbocycles. The van der Waals surface area contributed by atoms with Crippen LogP contribution in [-0.4, -0.2) is 25.0 Å². The molecule has 27 heavy (non-hydrogen) atoms. The largest absolute Gasteiger partial charge is 0.370 e. The van der Waals surface area contributed by atoms with Crippen LogP contribution in [0.2, 0.25) is 0 Å². The zero-order valence-corrected chi connectivity index (χ0v) is 18.5. The summed E-state index contributed by atoms with van der Waals surface area (Å²) in [6.07, 6.45) is 19.4. The minimum Gasteiger partial charge on any atom is -0.370 e. The molecule has 0 aliphatic heterocycles. The number of nitrogens with two attached hydrogens (primary N) is 2. The number of halogens is 1. The van der Waals surface area contributed by atoms with E-state index in [2.05, 4.69) is 17.2 Å². The molecule has 0 fully saturated rings. The van der Waals surface area contributed by atoms with E-state index in [9.17, 15) is 4.79 Å². The van der Waals surface area contributed by atoms with Crippen molar-refractivity contribution in [3.63, 3.8) is 0 Å². The molecule has 0 saturated heterocycles. The predicted molar refractivity (Wildman–Crippen MR) is 120 cm³/mol. The van der Waals surface area contributed by atoms with Crippen LogP contribution in [0.25, 0.3) is 0 Å². The molecule has 0 spiro atoms. The Kier molecular flexibility index (Phi) is 24.1. The van der Waals surface area contributed by atoms with Gasteiger partial charge in [0.15, 0.2) is 5.96 Å². The van der Waals surface area contributed by atoms with E-state index in [4.69, 9.17) is 11.5 Å². The van der Waals surface area contributed by atoms with Crippen LogP contribution in [0.15, 0.2) is 4.99 Å². The lowest BCUT2D eigenvalue weighted by atomic mass is 10.1. The maximum atomic E-state index is 11.8. The van der Waals surface area contributed by atoms with Crippen LogP contribution < -0.4 is 16.8 Å². The van der Waals surface area contributed by atoms with Crippen molar-refractivity contribution in [2.45, 2.75) is 110 Å². The number of rotatable bonds is 19. The second-order valence-corrected chi connectivity index (χ2v) is 7.36. The van der Waals surface area contributed by atoms with Crippen LogP contribution in [0, 0.1) is 0 Å². The molecular formula is C21H45ClN4O. The molecule has 0 aliphatic carbocycles. The second kappa shape index (κ2) is 23.1. The van der Waals surface area contributed by atoms with Gasteiger partial charge in [0.05, 0.1) is 0 Å². The number of nitrogens with zero attached hydrogens (tertiary/aromatic N) is 1. The van der Waals surface area contributed by atoms with Crippen molar-refractivity contribution in [2.24, 2.45) is 16.5 Å². The van der Waals surface area contributed by atoms with Crippen molar-refractivity contribution in [1.29, 1.82) is 0 Å². The molecule has 0 heterocycles. The number of hydrogen-bond acceptors (Lipinski definition) is 2.